The van der Waals surface area contributed by atoms with Gasteiger partial charge < -0.3 is 9.90 Å². The second kappa shape index (κ2) is 3.98. The predicted molar refractivity (Wildman–Crippen MR) is 61.1 cm³/mol. The SMILES string of the molecule is C[Si](C)(C)C(=O)c1ccccc1C(=O)O. The van der Waals surface area contributed by atoms with E-state index < -0.39 is 14.0 Å². The van der Waals surface area contributed by atoms with Gasteiger partial charge in [0.05, 0.1) is 5.56 Å². The number of carboxylic acid groups (broad SMARTS) is 1. The van der Waals surface area contributed by atoms with E-state index in [1.807, 2.05) is 19.6 Å². The molecule has 0 unspecified atom stereocenters. The van der Waals surface area contributed by atoms with Crippen molar-refractivity contribution in [1.29, 1.82) is 0 Å². The van der Waals surface area contributed by atoms with Gasteiger partial charge >= 0.3 is 5.97 Å². The number of aromatic carboxylic acids is 1. The summed E-state index contributed by atoms with van der Waals surface area (Å²) in [6.07, 6.45) is 0. The average molecular weight is 222 g/mol. The quantitative estimate of drug-likeness (QED) is 0.799. The maximum atomic E-state index is 12.0. The first-order chi connectivity index (χ1) is 6.84. The normalized spacial score (nSPS) is 11.1. The van der Waals surface area contributed by atoms with E-state index in [1.54, 1.807) is 18.2 Å². The van der Waals surface area contributed by atoms with Crippen LogP contribution in [0.1, 0.15) is 20.7 Å². The van der Waals surface area contributed by atoms with E-state index in [0.717, 1.165) is 0 Å². The summed E-state index contributed by atoms with van der Waals surface area (Å²) in [5.41, 5.74) is 0.439. The van der Waals surface area contributed by atoms with Crippen molar-refractivity contribution in [2.24, 2.45) is 0 Å². The van der Waals surface area contributed by atoms with Crippen LogP contribution in [0.2, 0.25) is 19.6 Å². The zero-order valence-corrected chi connectivity index (χ0v) is 10.1. The van der Waals surface area contributed by atoms with E-state index in [0.29, 0.717) is 5.56 Å². The molecule has 0 aromatic heterocycles. The fourth-order valence-corrected chi connectivity index (χ4v) is 2.30. The van der Waals surface area contributed by atoms with Gasteiger partial charge in [-0.2, -0.15) is 0 Å². The molecule has 80 valence electrons. The fraction of sp³-hybridized carbons (Fsp3) is 0.273. The summed E-state index contributed by atoms with van der Waals surface area (Å²) in [7, 11) is -1.98. The van der Waals surface area contributed by atoms with Crippen molar-refractivity contribution in [2.45, 2.75) is 19.6 Å². The van der Waals surface area contributed by atoms with Crippen molar-refractivity contribution in [1.82, 2.24) is 0 Å². The molecule has 4 heteroatoms. The third kappa shape index (κ3) is 2.53. The van der Waals surface area contributed by atoms with E-state index in [9.17, 15) is 9.59 Å². The minimum Gasteiger partial charge on any atom is -0.478 e. The van der Waals surface area contributed by atoms with Gasteiger partial charge in [-0.05, 0) is 6.07 Å². The van der Waals surface area contributed by atoms with Crippen molar-refractivity contribution in [3.05, 3.63) is 35.4 Å². The Bertz CT molecular complexity index is 405. The maximum Gasteiger partial charge on any atom is 0.336 e. The number of benzene rings is 1. The third-order valence-corrected chi connectivity index (χ3v) is 3.71. The van der Waals surface area contributed by atoms with Gasteiger partial charge in [0.25, 0.3) is 0 Å². The van der Waals surface area contributed by atoms with Crippen molar-refractivity contribution in [2.75, 3.05) is 0 Å². The van der Waals surface area contributed by atoms with Gasteiger partial charge in [-0.15, -0.1) is 0 Å². The lowest BCUT2D eigenvalue weighted by Crippen LogP contribution is -2.34. The highest BCUT2D eigenvalue weighted by atomic mass is 28.3. The van der Waals surface area contributed by atoms with Crippen LogP contribution < -0.4 is 0 Å². The summed E-state index contributed by atoms with van der Waals surface area (Å²) in [4.78, 5) is 22.9. The van der Waals surface area contributed by atoms with Crippen LogP contribution in [0.15, 0.2) is 24.3 Å². The van der Waals surface area contributed by atoms with Gasteiger partial charge in [-0.25, -0.2) is 4.79 Å². The highest BCUT2D eigenvalue weighted by molar-refractivity contribution is 7.05. The molecule has 0 bridgehead atoms. The Labute approximate surface area is 89.8 Å². The van der Waals surface area contributed by atoms with Crippen LogP contribution in [0.3, 0.4) is 0 Å². The maximum absolute atomic E-state index is 12.0. The minimum atomic E-state index is -1.98. The number of hydrogen-bond donors (Lipinski definition) is 1. The molecule has 1 N–H and O–H groups in total. The Balaban J connectivity index is 3.26. The van der Waals surface area contributed by atoms with Crippen LogP contribution in [0.5, 0.6) is 0 Å². The second-order valence-corrected chi connectivity index (χ2v) is 9.38. The van der Waals surface area contributed by atoms with Gasteiger partial charge in [-0.1, -0.05) is 37.8 Å². The fourth-order valence-electron chi connectivity index (χ4n) is 1.27. The first kappa shape index (κ1) is 11.7. The lowest BCUT2D eigenvalue weighted by Gasteiger charge is -2.15. The van der Waals surface area contributed by atoms with E-state index in [2.05, 4.69) is 0 Å². The van der Waals surface area contributed by atoms with E-state index in [-0.39, 0.29) is 11.0 Å². The number of carboxylic acids is 1. The molecule has 0 spiro atoms. The summed E-state index contributed by atoms with van der Waals surface area (Å²) in [6.45, 7) is 5.73. The molecule has 0 atom stereocenters. The second-order valence-electron chi connectivity index (χ2n) is 4.43. The molecule has 0 radical (unpaired) electrons. The van der Waals surface area contributed by atoms with Crippen LogP contribution in [0, 0.1) is 0 Å². The molecule has 0 aliphatic heterocycles. The number of carbonyl (C=O) groups is 2. The largest absolute Gasteiger partial charge is 0.478 e. The van der Waals surface area contributed by atoms with E-state index in [4.69, 9.17) is 5.11 Å². The summed E-state index contributed by atoms with van der Waals surface area (Å²) in [5.74, 6) is -1.04. The van der Waals surface area contributed by atoms with Crippen LogP contribution in [-0.4, -0.2) is 24.6 Å². The van der Waals surface area contributed by atoms with Crippen LogP contribution in [-0.2, 0) is 0 Å². The Kier molecular flexibility index (Phi) is 3.09. The summed E-state index contributed by atoms with van der Waals surface area (Å²) in [6, 6.07) is 6.38. The van der Waals surface area contributed by atoms with Gasteiger partial charge in [0.2, 0.25) is 0 Å². The Morgan fingerprint density at radius 3 is 1.93 bits per heavy atom. The molecule has 1 aromatic carbocycles. The summed E-state index contributed by atoms with van der Waals surface area (Å²) < 4.78 is 0. The van der Waals surface area contributed by atoms with E-state index >= 15 is 0 Å². The number of hydrogen-bond acceptors (Lipinski definition) is 2. The van der Waals surface area contributed by atoms with Crippen molar-refractivity contribution >= 4 is 19.4 Å². The lowest BCUT2D eigenvalue weighted by molar-refractivity contribution is 0.0693. The zero-order chi connectivity index (χ0) is 11.6. The van der Waals surface area contributed by atoms with Crippen LogP contribution in [0.4, 0.5) is 0 Å². The first-order valence-corrected chi connectivity index (χ1v) is 8.21. The smallest absolute Gasteiger partial charge is 0.336 e. The molecule has 0 aliphatic rings. The molecular formula is C11H14O3Si. The van der Waals surface area contributed by atoms with E-state index in [1.165, 1.54) is 6.07 Å². The Morgan fingerprint density at radius 2 is 1.53 bits per heavy atom. The highest BCUT2D eigenvalue weighted by Gasteiger charge is 2.28. The number of carbonyl (C=O) groups excluding carboxylic acids is 1. The molecular weight excluding hydrogens is 208 g/mol. The molecule has 0 saturated carbocycles. The number of rotatable bonds is 3. The molecule has 3 nitrogen and oxygen atoms in total. The lowest BCUT2D eigenvalue weighted by atomic mass is 10.1. The van der Waals surface area contributed by atoms with Gasteiger partial charge in [0.1, 0.15) is 13.5 Å². The van der Waals surface area contributed by atoms with Gasteiger partial charge in [-0.3, -0.25) is 0 Å². The monoisotopic (exact) mass is 222 g/mol. The molecule has 0 heterocycles. The molecule has 0 aliphatic carbocycles. The van der Waals surface area contributed by atoms with Crippen molar-refractivity contribution in [3.8, 4) is 0 Å². The summed E-state index contributed by atoms with van der Waals surface area (Å²) >= 11 is 0. The Morgan fingerprint density at radius 1 is 1.07 bits per heavy atom. The molecule has 0 amide bonds. The van der Waals surface area contributed by atoms with Gasteiger partial charge in [0, 0.05) is 5.56 Å². The van der Waals surface area contributed by atoms with Gasteiger partial charge in [0.15, 0.2) is 0 Å². The minimum absolute atomic E-state index is 0.0134. The van der Waals surface area contributed by atoms with Crippen LogP contribution >= 0.6 is 0 Å². The van der Waals surface area contributed by atoms with Crippen molar-refractivity contribution < 1.29 is 14.7 Å². The molecule has 0 saturated heterocycles. The Hall–Kier alpha value is -1.42. The first-order valence-electron chi connectivity index (χ1n) is 4.71. The highest BCUT2D eigenvalue weighted by Crippen LogP contribution is 2.16. The summed E-state index contributed by atoms with van der Waals surface area (Å²) in [5, 5.41) is 8.93. The topological polar surface area (TPSA) is 54.4 Å². The predicted octanol–water partition coefficient (Wildman–Crippen LogP) is 2.44. The average Bonchev–Trinajstić information content (AvgIpc) is 2.15. The molecule has 0 fully saturated rings. The molecule has 15 heavy (non-hydrogen) atoms. The molecule has 1 aromatic rings. The molecule has 1 rings (SSSR count). The zero-order valence-electron chi connectivity index (χ0n) is 9.07. The van der Waals surface area contributed by atoms with Crippen molar-refractivity contribution in [3.63, 3.8) is 0 Å². The standard InChI is InChI=1S/C11H14O3Si/c1-15(2,3)11(14)9-7-5-4-6-8(9)10(12)13/h4-7H,1-3H3,(H,12,13). The van der Waals surface area contributed by atoms with Crippen LogP contribution in [0.25, 0.3) is 0 Å². The third-order valence-electron chi connectivity index (χ3n) is 2.08.